The highest BCUT2D eigenvalue weighted by molar-refractivity contribution is 5.71. The lowest BCUT2D eigenvalue weighted by Crippen LogP contribution is -2.30. The van der Waals surface area contributed by atoms with E-state index in [-0.39, 0.29) is 31.1 Å². The van der Waals surface area contributed by atoms with Crippen LogP contribution in [0.15, 0.2) is 48.6 Å². The molecule has 0 saturated carbocycles. The van der Waals surface area contributed by atoms with Gasteiger partial charge in [0, 0.05) is 19.3 Å². The molecule has 0 heterocycles. The Morgan fingerprint density at radius 2 is 0.714 bits per heavy atom. The van der Waals surface area contributed by atoms with Crippen molar-refractivity contribution in [2.24, 2.45) is 0 Å². The molecule has 0 spiro atoms. The molecule has 6 nitrogen and oxygen atoms in total. The summed E-state index contributed by atoms with van der Waals surface area (Å²) in [4.78, 5) is 37.8. The second-order valence-corrected chi connectivity index (χ2v) is 15.7. The summed E-state index contributed by atoms with van der Waals surface area (Å²) in [6.07, 6.45) is 52.3. The molecular weight excluding hydrogens is 697 g/mol. The highest BCUT2D eigenvalue weighted by Gasteiger charge is 2.19. The molecule has 0 aliphatic heterocycles. The summed E-state index contributed by atoms with van der Waals surface area (Å²) in [7, 11) is 0. The van der Waals surface area contributed by atoms with E-state index in [1.165, 1.54) is 109 Å². The third-order valence-electron chi connectivity index (χ3n) is 10.1. The minimum absolute atomic E-state index is 0.0787. The zero-order chi connectivity index (χ0) is 40.8. The Labute approximate surface area is 346 Å². The number of carbonyl (C=O) groups excluding carboxylic acids is 3. The maximum atomic E-state index is 12.7. The highest BCUT2D eigenvalue weighted by atomic mass is 16.6. The molecule has 0 aromatic rings. The molecule has 0 aliphatic carbocycles. The number of carbonyl (C=O) groups is 3. The first-order valence-electron chi connectivity index (χ1n) is 23.7. The van der Waals surface area contributed by atoms with Crippen LogP contribution in [0.5, 0.6) is 0 Å². The van der Waals surface area contributed by atoms with Crippen molar-refractivity contribution in [3.8, 4) is 0 Å². The summed E-state index contributed by atoms with van der Waals surface area (Å²) in [5.74, 6) is -0.900. The second kappa shape index (κ2) is 45.1. The van der Waals surface area contributed by atoms with Gasteiger partial charge in [0.15, 0.2) is 6.10 Å². The molecule has 0 aromatic heterocycles. The van der Waals surface area contributed by atoms with Crippen molar-refractivity contribution < 1.29 is 28.6 Å². The van der Waals surface area contributed by atoms with Crippen LogP contribution in [0.3, 0.4) is 0 Å². The van der Waals surface area contributed by atoms with Gasteiger partial charge in [0.2, 0.25) is 0 Å². The topological polar surface area (TPSA) is 78.9 Å². The first-order valence-corrected chi connectivity index (χ1v) is 23.7. The Bertz CT molecular complexity index is 996. The largest absolute Gasteiger partial charge is 0.462 e. The van der Waals surface area contributed by atoms with E-state index >= 15 is 0 Å². The predicted octanol–water partition coefficient (Wildman–Crippen LogP) is 15.1. The van der Waals surface area contributed by atoms with E-state index in [1.807, 2.05) is 0 Å². The summed E-state index contributed by atoms with van der Waals surface area (Å²) in [6, 6.07) is 0. The molecule has 1 atom stereocenters. The van der Waals surface area contributed by atoms with Crippen LogP contribution in [0.1, 0.15) is 233 Å². The molecule has 0 aliphatic rings. The van der Waals surface area contributed by atoms with Crippen molar-refractivity contribution >= 4 is 17.9 Å². The minimum atomic E-state index is -0.777. The molecule has 0 amide bonds. The number of esters is 3. The van der Waals surface area contributed by atoms with E-state index in [2.05, 4.69) is 69.4 Å². The fourth-order valence-electron chi connectivity index (χ4n) is 6.55. The van der Waals surface area contributed by atoms with Crippen LogP contribution in [0, 0.1) is 0 Å². The number of ether oxygens (including phenoxy) is 3. The van der Waals surface area contributed by atoms with Gasteiger partial charge in [-0.15, -0.1) is 0 Å². The van der Waals surface area contributed by atoms with Crippen molar-refractivity contribution in [1.82, 2.24) is 0 Å². The molecule has 0 radical (unpaired) electrons. The maximum Gasteiger partial charge on any atom is 0.306 e. The lowest BCUT2D eigenvalue weighted by Gasteiger charge is -2.18. The van der Waals surface area contributed by atoms with Crippen LogP contribution in [0.4, 0.5) is 0 Å². The molecular formula is C50H88O6. The Hall–Kier alpha value is -2.63. The molecule has 0 rings (SSSR count). The van der Waals surface area contributed by atoms with Gasteiger partial charge in [0.05, 0.1) is 0 Å². The lowest BCUT2D eigenvalue weighted by molar-refractivity contribution is -0.167. The van der Waals surface area contributed by atoms with E-state index < -0.39 is 6.10 Å². The van der Waals surface area contributed by atoms with Gasteiger partial charge in [-0.1, -0.05) is 198 Å². The van der Waals surface area contributed by atoms with Crippen molar-refractivity contribution in [2.75, 3.05) is 13.2 Å². The fraction of sp³-hybridized carbons (Fsp3) is 0.780. The normalized spacial score (nSPS) is 12.4. The summed E-state index contributed by atoms with van der Waals surface area (Å²) < 4.78 is 16.7. The smallest absolute Gasteiger partial charge is 0.306 e. The van der Waals surface area contributed by atoms with Crippen LogP contribution in [-0.2, 0) is 28.6 Å². The zero-order valence-corrected chi connectivity index (χ0v) is 36.9. The maximum absolute atomic E-state index is 12.7. The third kappa shape index (κ3) is 42.5. The van der Waals surface area contributed by atoms with Crippen molar-refractivity contribution in [3.63, 3.8) is 0 Å². The molecule has 0 saturated heterocycles. The van der Waals surface area contributed by atoms with Crippen LogP contribution < -0.4 is 0 Å². The number of rotatable bonds is 42. The van der Waals surface area contributed by atoms with Gasteiger partial charge in [-0.25, -0.2) is 0 Å². The Morgan fingerprint density at radius 3 is 1.16 bits per heavy atom. The number of allylic oxidation sites excluding steroid dienone is 8. The summed E-state index contributed by atoms with van der Waals surface area (Å²) >= 11 is 0. The highest BCUT2D eigenvalue weighted by Crippen LogP contribution is 2.14. The monoisotopic (exact) mass is 785 g/mol. The average Bonchev–Trinajstić information content (AvgIpc) is 3.19. The molecule has 56 heavy (non-hydrogen) atoms. The van der Waals surface area contributed by atoms with Gasteiger partial charge in [0.1, 0.15) is 13.2 Å². The first-order chi connectivity index (χ1) is 27.5. The Balaban J connectivity index is 4.38. The van der Waals surface area contributed by atoms with E-state index in [0.29, 0.717) is 19.3 Å². The van der Waals surface area contributed by atoms with E-state index in [0.717, 1.165) is 83.5 Å². The van der Waals surface area contributed by atoms with Crippen LogP contribution in [0.25, 0.3) is 0 Å². The third-order valence-corrected chi connectivity index (χ3v) is 10.1. The quantitative estimate of drug-likeness (QED) is 0.0202. The predicted molar refractivity (Wildman–Crippen MR) is 238 cm³/mol. The van der Waals surface area contributed by atoms with Crippen molar-refractivity contribution in [2.45, 2.75) is 239 Å². The average molecular weight is 785 g/mol. The molecule has 324 valence electrons. The molecule has 6 heteroatoms. The van der Waals surface area contributed by atoms with E-state index in [1.54, 1.807) is 0 Å². The van der Waals surface area contributed by atoms with Gasteiger partial charge < -0.3 is 14.2 Å². The molecule has 0 fully saturated rings. The Kier molecular flexibility index (Phi) is 43.0. The van der Waals surface area contributed by atoms with Crippen LogP contribution in [-0.4, -0.2) is 37.2 Å². The van der Waals surface area contributed by atoms with Crippen LogP contribution >= 0.6 is 0 Å². The van der Waals surface area contributed by atoms with E-state index in [9.17, 15) is 14.4 Å². The van der Waals surface area contributed by atoms with Gasteiger partial charge >= 0.3 is 17.9 Å². The van der Waals surface area contributed by atoms with Crippen molar-refractivity contribution in [3.05, 3.63) is 48.6 Å². The molecule has 1 unspecified atom stereocenters. The minimum Gasteiger partial charge on any atom is -0.462 e. The summed E-state index contributed by atoms with van der Waals surface area (Å²) in [6.45, 7) is 6.46. The molecule has 0 aromatic carbocycles. The molecule has 0 N–H and O–H groups in total. The van der Waals surface area contributed by atoms with Crippen molar-refractivity contribution in [1.29, 1.82) is 0 Å². The summed E-state index contributed by atoms with van der Waals surface area (Å²) in [5.41, 5.74) is 0. The number of hydrogen-bond donors (Lipinski definition) is 0. The first kappa shape index (κ1) is 53.4. The van der Waals surface area contributed by atoms with E-state index in [4.69, 9.17) is 14.2 Å². The van der Waals surface area contributed by atoms with Gasteiger partial charge in [-0.3, -0.25) is 14.4 Å². The second-order valence-electron chi connectivity index (χ2n) is 15.7. The van der Waals surface area contributed by atoms with Gasteiger partial charge in [-0.05, 0) is 64.2 Å². The standard InChI is InChI=1S/C50H88O6/c1-4-7-10-13-16-19-22-24-25-26-29-31-34-37-40-43-49(52)55-46-47(45-54-48(51)42-39-36-33-30-27-21-18-15-12-9-6-3)56-50(53)44-41-38-35-32-28-23-20-17-14-11-8-5-2/h7,10,13,16-17,19-20,22,47H,4-6,8-9,11-12,14-15,18,21,23-46H2,1-3H3/b10-7-,16-13-,20-17-,22-19-. The zero-order valence-electron chi connectivity index (χ0n) is 36.9. The van der Waals surface area contributed by atoms with Gasteiger partial charge in [-0.2, -0.15) is 0 Å². The lowest BCUT2D eigenvalue weighted by atomic mass is 10.1. The van der Waals surface area contributed by atoms with Gasteiger partial charge in [0.25, 0.3) is 0 Å². The number of unbranched alkanes of at least 4 members (excludes halogenated alkanes) is 25. The summed E-state index contributed by atoms with van der Waals surface area (Å²) in [5, 5.41) is 0. The number of hydrogen-bond acceptors (Lipinski definition) is 6. The molecule has 0 bridgehead atoms. The fourth-order valence-corrected chi connectivity index (χ4v) is 6.55. The van der Waals surface area contributed by atoms with Crippen LogP contribution in [0.2, 0.25) is 0 Å². The SMILES string of the molecule is CC\C=C/C=C\C=C/CCCCCCCCCC(=O)OCC(COC(=O)CCCCCCCCCCCCC)OC(=O)CCCCCCC/C=C\CCCCC. The Morgan fingerprint density at radius 1 is 0.375 bits per heavy atom.